The maximum absolute atomic E-state index is 11.7. The average molecular weight is 286 g/mol. The Morgan fingerprint density at radius 3 is 2.50 bits per heavy atom. The number of carbonyl (C=O) groups is 3. The third kappa shape index (κ3) is 4.11. The van der Waals surface area contributed by atoms with E-state index in [4.69, 9.17) is 21.7 Å². The average Bonchev–Trinajstić information content (AvgIpc) is 2.70. The van der Waals surface area contributed by atoms with Crippen molar-refractivity contribution in [3.05, 3.63) is 0 Å². The highest BCUT2D eigenvalue weighted by atomic mass is 16.4. The fraction of sp³-hybridized carbons (Fsp3) is 0.636. The van der Waals surface area contributed by atoms with Gasteiger partial charge in [-0.2, -0.15) is 0 Å². The SMILES string of the molecule is NC(N)=NCCC[C@@H](C(=O)O)N1CC(C(=O)O)CC1=O. The van der Waals surface area contributed by atoms with Gasteiger partial charge in [-0.15, -0.1) is 0 Å². The highest BCUT2D eigenvalue weighted by molar-refractivity contribution is 5.89. The third-order valence-electron chi connectivity index (χ3n) is 3.10. The summed E-state index contributed by atoms with van der Waals surface area (Å²) < 4.78 is 0. The predicted molar refractivity (Wildman–Crippen MR) is 68.8 cm³/mol. The van der Waals surface area contributed by atoms with Crippen molar-refractivity contribution in [1.82, 2.24) is 4.90 Å². The number of carboxylic acids is 2. The summed E-state index contributed by atoms with van der Waals surface area (Å²) in [6.07, 6.45) is 0.396. The van der Waals surface area contributed by atoms with E-state index in [0.29, 0.717) is 6.42 Å². The molecule has 0 saturated carbocycles. The third-order valence-corrected chi connectivity index (χ3v) is 3.10. The number of nitrogens with zero attached hydrogens (tertiary/aromatic N) is 2. The van der Waals surface area contributed by atoms with Crippen LogP contribution in [0.15, 0.2) is 4.99 Å². The summed E-state index contributed by atoms with van der Waals surface area (Å²) in [4.78, 5) is 38.6. The van der Waals surface area contributed by atoms with E-state index in [1.54, 1.807) is 0 Å². The molecule has 0 aromatic rings. The first-order valence-corrected chi connectivity index (χ1v) is 6.13. The zero-order valence-electron chi connectivity index (χ0n) is 10.9. The van der Waals surface area contributed by atoms with Crippen LogP contribution in [0.25, 0.3) is 0 Å². The lowest BCUT2D eigenvalue weighted by Crippen LogP contribution is -2.42. The Bertz CT molecular complexity index is 433. The Morgan fingerprint density at radius 1 is 1.40 bits per heavy atom. The minimum atomic E-state index is -1.16. The van der Waals surface area contributed by atoms with Crippen molar-refractivity contribution < 1.29 is 24.6 Å². The van der Waals surface area contributed by atoms with Crippen molar-refractivity contribution in [2.45, 2.75) is 25.3 Å². The highest BCUT2D eigenvalue weighted by Gasteiger charge is 2.40. The van der Waals surface area contributed by atoms with E-state index in [1.165, 1.54) is 0 Å². The number of nitrogens with two attached hydrogens (primary N) is 2. The second-order valence-electron chi connectivity index (χ2n) is 4.59. The highest BCUT2D eigenvalue weighted by Crippen LogP contribution is 2.22. The number of hydrogen-bond donors (Lipinski definition) is 4. The zero-order chi connectivity index (χ0) is 15.3. The Kier molecular flexibility index (Phi) is 5.30. The Morgan fingerprint density at radius 2 is 2.05 bits per heavy atom. The molecule has 9 heteroatoms. The number of aliphatic carboxylic acids is 2. The first-order valence-electron chi connectivity index (χ1n) is 6.13. The number of rotatable bonds is 7. The standard InChI is InChI=1S/C11H18N4O5/c12-11(13)14-3-1-2-7(10(19)20)15-5-6(9(17)18)4-8(15)16/h6-7H,1-5H2,(H,17,18)(H,19,20)(H4,12,13,14)/t6?,7-/m0/s1. The summed E-state index contributed by atoms with van der Waals surface area (Å²) >= 11 is 0. The Labute approximate surface area is 115 Å². The van der Waals surface area contributed by atoms with E-state index in [-0.39, 0.29) is 31.9 Å². The number of carboxylic acid groups (broad SMARTS) is 2. The monoisotopic (exact) mass is 286 g/mol. The summed E-state index contributed by atoms with van der Waals surface area (Å²) in [5.41, 5.74) is 10.3. The molecule has 1 aliphatic heterocycles. The largest absolute Gasteiger partial charge is 0.481 e. The number of aliphatic imine (C=N–C) groups is 1. The van der Waals surface area contributed by atoms with Crippen molar-refractivity contribution in [2.24, 2.45) is 22.4 Å². The molecule has 1 amide bonds. The molecule has 9 nitrogen and oxygen atoms in total. The lowest BCUT2D eigenvalue weighted by Gasteiger charge is -2.24. The minimum Gasteiger partial charge on any atom is -0.481 e. The van der Waals surface area contributed by atoms with Crippen LogP contribution in [0.4, 0.5) is 0 Å². The Hall–Kier alpha value is -2.32. The van der Waals surface area contributed by atoms with Crippen LogP contribution in [0.2, 0.25) is 0 Å². The van der Waals surface area contributed by atoms with Gasteiger partial charge in [0.25, 0.3) is 0 Å². The molecule has 1 heterocycles. The van der Waals surface area contributed by atoms with Crippen molar-refractivity contribution in [3.63, 3.8) is 0 Å². The van der Waals surface area contributed by atoms with Crippen molar-refractivity contribution in [1.29, 1.82) is 0 Å². The van der Waals surface area contributed by atoms with Crippen molar-refractivity contribution >= 4 is 23.8 Å². The molecule has 0 radical (unpaired) electrons. The molecular formula is C11H18N4O5. The molecule has 2 atom stereocenters. The molecule has 6 N–H and O–H groups in total. The van der Waals surface area contributed by atoms with Gasteiger partial charge in [-0.3, -0.25) is 14.6 Å². The first-order chi connectivity index (χ1) is 9.32. The topological polar surface area (TPSA) is 159 Å². The number of hydrogen-bond acceptors (Lipinski definition) is 4. The van der Waals surface area contributed by atoms with Crippen LogP contribution in [0.1, 0.15) is 19.3 Å². The van der Waals surface area contributed by atoms with Gasteiger partial charge in [0.2, 0.25) is 5.91 Å². The van der Waals surface area contributed by atoms with E-state index in [1.807, 2.05) is 0 Å². The maximum atomic E-state index is 11.7. The van der Waals surface area contributed by atoms with Crippen LogP contribution in [-0.2, 0) is 14.4 Å². The van der Waals surface area contributed by atoms with Crippen LogP contribution in [-0.4, -0.2) is 58.0 Å². The summed E-state index contributed by atoms with van der Waals surface area (Å²) in [5, 5.41) is 18.0. The van der Waals surface area contributed by atoms with E-state index in [9.17, 15) is 14.4 Å². The number of guanidine groups is 1. The molecule has 112 valence electrons. The smallest absolute Gasteiger partial charge is 0.326 e. The molecular weight excluding hydrogens is 268 g/mol. The van der Waals surface area contributed by atoms with Gasteiger partial charge in [0, 0.05) is 19.5 Å². The molecule has 0 aromatic carbocycles. The molecule has 20 heavy (non-hydrogen) atoms. The fourth-order valence-electron chi connectivity index (χ4n) is 2.10. The fourth-order valence-corrected chi connectivity index (χ4v) is 2.10. The van der Waals surface area contributed by atoms with Gasteiger partial charge < -0.3 is 26.6 Å². The van der Waals surface area contributed by atoms with Gasteiger partial charge in [-0.1, -0.05) is 0 Å². The Balaban J connectivity index is 2.62. The van der Waals surface area contributed by atoms with Crippen LogP contribution in [0.5, 0.6) is 0 Å². The van der Waals surface area contributed by atoms with E-state index >= 15 is 0 Å². The van der Waals surface area contributed by atoms with Gasteiger partial charge in [0.15, 0.2) is 5.96 Å². The van der Waals surface area contributed by atoms with Crippen LogP contribution < -0.4 is 11.5 Å². The normalized spacial score (nSPS) is 19.7. The van der Waals surface area contributed by atoms with Crippen molar-refractivity contribution in [3.8, 4) is 0 Å². The van der Waals surface area contributed by atoms with Crippen molar-refractivity contribution in [2.75, 3.05) is 13.1 Å². The van der Waals surface area contributed by atoms with Crippen LogP contribution >= 0.6 is 0 Å². The van der Waals surface area contributed by atoms with Gasteiger partial charge in [0.05, 0.1) is 5.92 Å². The molecule has 0 aliphatic carbocycles. The van der Waals surface area contributed by atoms with Gasteiger partial charge >= 0.3 is 11.9 Å². The molecule has 1 fully saturated rings. The zero-order valence-corrected chi connectivity index (χ0v) is 10.9. The molecule has 1 aliphatic rings. The molecule has 0 bridgehead atoms. The lowest BCUT2D eigenvalue weighted by atomic mass is 10.1. The number of carbonyl (C=O) groups excluding carboxylic acids is 1. The van der Waals surface area contributed by atoms with E-state index < -0.39 is 29.8 Å². The van der Waals surface area contributed by atoms with E-state index in [0.717, 1.165) is 4.90 Å². The second kappa shape index (κ2) is 6.73. The quantitative estimate of drug-likeness (QED) is 0.250. The molecule has 0 spiro atoms. The predicted octanol–water partition coefficient (Wildman–Crippen LogP) is -1.57. The minimum absolute atomic E-state index is 0.0760. The number of likely N-dealkylation sites (tertiary alicyclic amines) is 1. The lowest BCUT2D eigenvalue weighted by molar-refractivity contribution is -0.148. The molecule has 1 unspecified atom stereocenters. The summed E-state index contributed by atoms with van der Waals surface area (Å²) in [7, 11) is 0. The molecule has 0 aromatic heterocycles. The summed E-state index contributed by atoms with van der Waals surface area (Å²) in [6.45, 7) is 0.184. The molecule has 1 rings (SSSR count). The maximum Gasteiger partial charge on any atom is 0.326 e. The van der Waals surface area contributed by atoms with Crippen LogP contribution in [0.3, 0.4) is 0 Å². The molecule has 1 saturated heterocycles. The van der Waals surface area contributed by atoms with Gasteiger partial charge in [0.1, 0.15) is 6.04 Å². The van der Waals surface area contributed by atoms with Crippen LogP contribution in [0, 0.1) is 5.92 Å². The summed E-state index contributed by atoms with van der Waals surface area (Å²) in [5.74, 6) is -3.63. The van der Waals surface area contributed by atoms with Gasteiger partial charge in [-0.05, 0) is 12.8 Å². The number of amides is 1. The van der Waals surface area contributed by atoms with Gasteiger partial charge in [-0.25, -0.2) is 4.79 Å². The first kappa shape index (κ1) is 15.7. The van der Waals surface area contributed by atoms with E-state index in [2.05, 4.69) is 4.99 Å². The summed E-state index contributed by atoms with van der Waals surface area (Å²) in [6, 6.07) is -1.04. The second-order valence-corrected chi connectivity index (χ2v) is 4.59.